The van der Waals surface area contributed by atoms with Crippen LogP contribution in [0, 0.1) is 0 Å². The van der Waals surface area contributed by atoms with Gasteiger partial charge in [-0.05, 0) is 44.0 Å². The smallest absolute Gasteiger partial charge is 0.224 e. The maximum atomic E-state index is 12.2. The summed E-state index contributed by atoms with van der Waals surface area (Å²) >= 11 is 0. The summed E-state index contributed by atoms with van der Waals surface area (Å²) in [4.78, 5) is 12.2. The molecule has 1 amide bonds. The highest BCUT2D eigenvalue weighted by Crippen LogP contribution is 2.27. The molecule has 0 aliphatic carbocycles. The van der Waals surface area contributed by atoms with Gasteiger partial charge in [0.05, 0.1) is 20.6 Å². The summed E-state index contributed by atoms with van der Waals surface area (Å²) in [5.41, 5.74) is 0.918. The topological polar surface area (TPSA) is 59.6 Å². The average molecular weight is 329 g/mol. The molecule has 1 fully saturated rings. The van der Waals surface area contributed by atoms with Gasteiger partial charge in [0, 0.05) is 12.1 Å². The number of carbonyl (C=O) groups excluding carboxylic acids is 1. The van der Waals surface area contributed by atoms with E-state index in [9.17, 15) is 4.79 Å². The Labute approximate surface area is 138 Å². The Kier molecular flexibility index (Phi) is 7.48. The van der Waals surface area contributed by atoms with Gasteiger partial charge in [0.25, 0.3) is 0 Å². The maximum Gasteiger partial charge on any atom is 0.224 e. The van der Waals surface area contributed by atoms with E-state index < -0.39 is 0 Å². The average Bonchev–Trinajstić information content (AvgIpc) is 2.49. The normalized spacial score (nSPS) is 20.7. The van der Waals surface area contributed by atoms with Crippen LogP contribution in [0.15, 0.2) is 18.2 Å². The van der Waals surface area contributed by atoms with E-state index in [4.69, 9.17) is 9.47 Å². The highest BCUT2D eigenvalue weighted by Gasteiger charge is 2.22. The molecule has 2 N–H and O–H groups in total. The molecule has 5 nitrogen and oxygen atoms in total. The van der Waals surface area contributed by atoms with Crippen molar-refractivity contribution < 1.29 is 14.3 Å². The lowest BCUT2D eigenvalue weighted by Crippen LogP contribution is -2.52. The molecule has 0 aromatic heterocycles. The first kappa shape index (κ1) is 18.6. The summed E-state index contributed by atoms with van der Waals surface area (Å²) in [7, 11) is 3.19. The Hall–Kier alpha value is -1.46. The van der Waals surface area contributed by atoms with Gasteiger partial charge in [-0.2, -0.15) is 0 Å². The SMILES string of the molecule is COc1ccc(CC(=O)NC2CCCNC2C)cc1OC.Cl. The van der Waals surface area contributed by atoms with Crippen LogP contribution in [-0.4, -0.2) is 38.8 Å². The Balaban J connectivity index is 0.00000242. The number of amides is 1. The zero-order valence-electron chi connectivity index (χ0n) is 13.3. The number of rotatable bonds is 5. The molecule has 2 atom stereocenters. The van der Waals surface area contributed by atoms with Gasteiger partial charge in [0.2, 0.25) is 5.91 Å². The van der Waals surface area contributed by atoms with Gasteiger partial charge in [-0.1, -0.05) is 6.07 Å². The fraction of sp³-hybridized carbons (Fsp3) is 0.562. The molecule has 2 unspecified atom stereocenters. The summed E-state index contributed by atoms with van der Waals surface area (Å²) in [5, 5.41) is 6.49. The molecule has 22 heavy (non-hydrogen) atoms. The van der Waals surface area contributed by atoms with E-state index in [0.717, 1.165) is 24.9 Å². The van der Waals surface area contributed by atoms with Gasteiger partial charge in [-0.25, -0.2) is 0 Å². The Morgan fingerprint density at radius 2 is 2.05 bits per heavy atom. The van der Waals surface area contributed by atoms with Crippen LogP contribution in [0.25, 0.3) is 0 Å². The van der Waals surface area contributed by atoms with Crippen molar-refractivity contribution in [2.75, 3.05) is 20.8 Å². The van der Waals surface area contributed by atoms with E-state index in [1.165, 1.54) is 0 Å². The quantitative estimate of drug-likeness (QED) is 0.867. The molecule has 1 aromatic rings. The van der Waals surface area contributed by atoms with Crippen LogP contribution in [0.2, 0.25) is 0 Å². The molecule has 6 heteroatoms. The van der Waals surface area contributed by atoms with Gasteiger partial charge in [-0.15, -0.1) is 12.4 Å². The second kappa shape index (κ2) is 8.86. The van der Waals surface area contributed by atoms with Crippen molar-refractivity contribution in [1.82, 2.24) is 10.6 Å². The zero-order valence-corrected chi connectivity index (χ0v) is 14.2. The van der Waals surface area contributed by atoms with E-state index >= 15 is 0 Å². The van der Waals surface area contributed by atoms with Gasteiger partial charge in [0.15, 0.2) is 11.5 Å². The second-order valence-electron chi connectivity index (χ2n) is 5.43. The molecule has 1 aliphatic rings. The van der Waals surface area contributed by atoms with E-state index in [-0.39, 0.29) is 24.4 Å². The van der Waals surface area contributed by atoms with Crippen LogP contribution in [0.5, 0.6) is 11.5 Å². The molecule has 0 bridgehead atoms. The minimum Gasteiger partial charge on any atom is -0.493 e. The standard InChI is InChI=1S/C16H24N2O3.ClH/c1-11-13(5-4-8-17-11)18-16(19)10-12-6-7-14(20-2)15(9-12)21-3;/h6-7,9,11,13,17H,4-5,8,10H2,1-3H3,(H,18,19);1H. The van der Waals surface area contributed by atoms with Crippen molar-refractivity contribution in [3.05, 3.63) is 23.8 Å². The third-order valence-corrected chi connectivity index (χ3v) is 3.92. The number of ether oxygens (including phenoxy) is 2. The Bertz CT molecular complexity index is 496. The van der Waals surface area contributed by atoms with Gasteiger partial charge >= 0.3 is 0 Å². The number of piperidine rings is 1. The highest BCUT2D eigenvalue weighted by molar-refractivity contribution is 5.85. The third-order valence-electron chi connectivity index (χ3n) is 3.92. The van der Waals surface area contributed by atoms with Crippen LogP contribution < -0.4 is 20.1 Å². The minimum absolute atomic E-state index is 0. The van der Waals surface area contributed by atoms with Crippen LogP contribution in [-0.2, 0) is 11.2 Å². The highest BCUT2D eigenvalue weighted by atomic mass is 35.5. The fourth-order valence-corrected chi connectivity index (χ4v) is 2.67. The molecule has 0 saturated carbocycles. The molecule has 1 aromatic carbocycles. The van der Waals surface area contributed by atoms with Crippen LogP contribution >= 0.6 is 12.4 Å². The molecular formula is C16H25ClN2O3. The van der Waals surface area contributed by atoms with Crippen molar-refractivity contribution in [3.63, 3.8) is 0 Å². The maximum absolute atomic E-state index is 12.2. The largest absolute Gasteiger partial charge is 0.493 e. The summed E-state index contributed by atoms with van der Waals surface area (Å²) < 4.78 is 10.5. The van der Waals surface area contributed by atoms with Crippen molar-refractivity contribution in [2.24, 2.45) is 0 Å². The van der Waals surface area contributed by atoms with Gasteiger partial charge in [-0.3, -0.25) is 4.79 Å². The fourth-order valence-electron chi connectivity index (χ4n) is 2.67. The van der Waals surface area contributed by atoms with Crippen molar-refractivity contribution in [3.8, 4) is 11.5 Å². The van der Waals surface area contributed by atoms with E-state index in [1.54, 1.807) is 14.2 Å². The summed E-state index contributed by atoms with van der Waals surface area (Å²) in [6, 6.07) is 6.11. The van der Waals surface area contributed by atoms with E-state index in [1.807, 2.05) is 18.2 Å². The van der Waals surface area contributed by atoms with E-state index in [2.05, 4.69) is 17.6 Å². The Morgan fingerprint density at radius 1 is 1.32 bits per heavy atom. The lowest BCUT2D eigenvalue weighted by Gasteiger charge is -2.30. The number of benzene rings is 1. The number of nitrogens with one attached hydrogen (secondary N) is 2. The minimum atomic E-state index is 0. The zero-order chi connectivity index (χ0) is 15.2. The lowest BCUT2D eigenvalue weighted by atomic mass is 9.99. The molecule has 0 radical (unpaired) electrons. The first-order chi connectivity index (χ1) is 10.1. The molecule has 0 spiro atoms. The third kappa shape index (κ3) is 4.78. The molecule has 2 rings (SSSR count). The van der Waals surface area contributed by atoms with Crippen LogP contribution in [0.3, 0.4) is 0 Å². The lowest BCUT2D eigenvalue weighted by molar-refractivity contribution is -0.121. The molecule has 1 aliphatic heterocycles. The van der Waals surface area contributed by atoms with Crippen molar-refractivity contribution >= 4 is 18.3 Å². The van der Waals surface area contributed by atoms with Gasteiger partial charge < -0.3 is 20.1 Å². The summed E-state index contributed by atoms with van der Waals surface area (Å²) in [6.45, 7) is 3.14. The van der Waals surface area contributed by atoms with E-state index in [0.29, 0.717) is 24.0 Å². The summed E-state index contributed by atoms with van der Waals surface area (Å²) in [6.07, 6.45) is 2.49. The second-order valence-corrected chi connectivity index (χ2v) is 5.43. The molecular weight excluding hydrogens is 304 g/mol. The summed E-state index contributed by atoms with van der Waals surface area (Å²) in [5.74, 6) is 1.37. The first-order valence-electron chi connectivity index (χ1n) is 7.37. The van der Waals surface area contributed by atoms with Crippen LogP contribution in [0.4, 0.5) is 0 Å². The first-order valence-corrected chi connectivity index (χ1v) is 7.37. The number of hydrogen-bond donors (Lipinski definition) is 2. The Morgan fingerprint density at radius 3 is 2.68 bits per heavy atom. The molecule has 1 heterocycles. The van der Waals surface area contributed by atoms with Gasteiger partial charge in [0.1, 0.15) is 0 Å². The number of halogens is 1. The van der Waals surface area contributed by atoms with Crippen molar-refractivity contribution in [2.45, 2.75) is 38.3 Å². The number of carbonyl (C=O) groups is 1. The predicted molar refractivity (Wildman–Crippen MR) is 89.1 cm³/mol. The molecule has 1 saturated heterocycles. The van der Waals surface area contributed by atoms with Crippen LogP contribution in [0.1, 0.15) is 25.3 Å². The monoisotopic (exact) mass is 328 g/mol. The number of hydrogen-bond acceptors (Lipinski definition) is 4. The predicted octanol–water partition coefficient (Wildman–Crippen LogP) is 1.92. The molecule has 124 valence electrons. The number of methoxy groups -OCH3 is 2. The van der Waals surface area contributed by atoms with Crippen molar-refractivity contribution in [1.29, 1.82) is 0 Å².